The van der Waals surface area contributed by atoms with Gasteiger partial charge in [0.2, 0.25) is 0 Å². The van der Waals surface area contributed by atoms with Gasteiger partial charge in [-0.3, -0.25) is 0 Å². The van der Waals surface area contributed by atoms with E-state index in [9.17, 15) is 9.90 Å². The first-order valence-electron chi connectivity index (χ1n) is 7.14. The summed E-state index contributed by atoms with van der Waals surface area (Å²) in [7, 11) is 0. The van der Waals surface area contributed by atoms with Crippen molar-refractivity contribution in [1.82, 2.24) is 0 Å². The summed E-state index contributed by atoms with van der Waals surface area (Å²) in [6.45, 7) is 8.18. The Hall–Kier alpha value is -0.870. The van der Waals surface area contributed by atoms with Gasteiger partial charge in [-0.25, -0.2) is 4.79 Å². The smallest absolute Gasteiger partial charge is 0.336 e. The zero-order valence-corrected chi connectivity index (χ0v) is 11.4. The summed E-state index contributed by atoms with van der Waals surface area (Å²) in [6, 6.07) is 0. The normalized spacial score (nSPS) is 59.0. The molecule has 0 unspecified atom stereocenters. The van der Waals surface area contributed by atoms with E-state index in [0.29, 0.717) is 18.8 Å². The van der Waals surface area contributed by atoms with Crippen LogP contribution in [0.5, 0.6) is 0 Å². The quantitative estimate of drug-likeness (QED) is 0.410. The Labute approximate surface area is 112 Å². The maximum absolute atomic E-state index is 11.7. The van der Waals surface area contributed by atoms with Gasteiger partial charge < -0.3 is 14.6 Å². The molecule has 0 aromatic carbocycles. The summed E-state index contributed by atoms with van der Waals surface area (Å²) in [5.74, 6) is 0.0238. The van der Waals surface area contributed by atoms with Crippen molar-refractivity contribution >= 4 is 5.97 Å². The molecule has 0 amide bonds. The summed E-state index contributed by atoms with van der Waals surface area (Å²) in [5, 5.41) is 10.9. The summed E-state index contributed by atoms with van der Waals surface area (Å²) < 4.78 is 11.4. The lowest BCUT2D eigenvalue weighted by atomic mass is 9.51. The van der Waals surface area contributed by atoms with Crippen LogP contribution in [-0.4, -0.2) is 34.5 Å². The maximum atomic E-state index is 11.7. The fourth-order valence-electron chi connectivity index (χ4n) is 4.82. The summed E-state index contributed by atoms with van der Waals surface area (Å²) >= 11 is 0. The molecule has 2 saturated carbocycles. The van der Waals surface area contributed by atoms with Gasteiger partial charge in [-0.15, -0.1) is 0 Å². The molecule has 1 N–H and O–H groups in total. The van der Waals surface area contributed by atoms with Crippen LogP contribution in [0.3, 0.4) is 0 Å². The number of esters is 1. The van der Waals surface area contributed by atoms with Crippen LogP contribution in [0.25, 0.3) is 0 Å². The van der Waals surface area contributed by atoms with E-state index in [1.165, 1.54) is 0 Å². The van der Waals surface area contributed by atoms with Crippen LogP contribution >= 0.6 is 0 Å². The third-order valence-electron chi connectivity index (χ3n) is 6.41. The Morgan fingerprint density at radius 1 is 1.37 bits per heavy atom. The number of fused-ring (bicyclic) bond motifs is 1. The number of carbonyl (C=O) groups excluding carboxylic acids is 1. The van der Waals surface area contributed by atoms with Gasteiger partial charge in [0.15, 0.2) is 0 Å². The number of ether oxygens (including phenoxy) is 2. The van der Waals surface area contributed by atoms with Crippen LogP contribution < -0.4 is 0 Å². The molecule has 4 aliphatic rings. The SMILES string of the molecule is C=C1C(=O)O[C@@H]2C[C@]34O[C@H]3CC[C@H](C)[C@@]4(C)C[C@]12O. The standard InChI is InChI=1S/C15H20O4/c1-8-4-5-10-15(19-10)6-11-14(17,7-13(8,15)3)9(2)12(16)18-11/h8,10-11,17H,2,4-7H2,1,3H3/t8-,10-,11+,13+,14-,15-/m0/s1. The molecule has 0 radical (unpaired) electrons. The molecule has 2 saturated heterocycles. The monoisotopic (exact) mass is 264 g/mol. The van der Waals surface area contributed by atoms with Crippen LogP contribution in [0.1, 0.15) is 39.5 Å². The van der Waals surface area contributed by atoms with Gasteiger partial charge in [0, 0.05) is 11.8 Å². The largest absolute Gasteiger partial charge is 0.455 e. The second kappa shape index (κ2) is 3.07. The molecule has 4 fully saturated rings. The Balaban J connectivity index is 1.79. The fourth-order valence-corrected chi connectivity index (χ4v) is 4.82. The molecule has 0 aromatic rings. The lowest BCUT2D eigenvalue weighted by Crippen LogP contribution is -2.60. The molecule has 2 aliphatic heterocycles. The van der Waals surface area contributed by atoms with Crippen LogP contribution in [0, 0.1) is 11.3 Å². The van der Waals surface area contributed by atoms with Crippen LogP contribution in [0.2, 0.25) is 0 Å². The van der Waals surface area contributed by atoms with E-state index in [-0.39, 0.29) is 22.7 Å². The molecule has 0 bridgehead atoms. The lowest BCUT2D eigenvalue weighted by Gasteiger charge is -2.52. The maximum Gasteiger partial charge on any atom is 0.336 e. The third kappa shape index (κ3) is 1.12. The minimum Gasteiger partial charge on any atom is -0.455 e. The number of epoxide rings is 1. The Morgan fingerprint density at radius 2 is 2.11 bits per heavy atom. The van der Waals surface area contributed by atoms with Gasteiger partial charge in [0.05, 0.1) is 11.7 Å². The molecule has 0 aromatic heterocycles. The van der Waals surface area contributed by atoms with E-state index >= 15 is 0 Å². The first-order valence-corrected chi connectivity index (χ1v) is 7.14. The van der Waals surface area contributed by atoms with E-state index in [1.807, 2.05) is 0 Å². The van der Waals surface area contributed by atoms with Crippen LogP contribution in [0.4, 0.5) is 0 Å². The zero-order chi connectivity index (χ0) is 13.6. The van der Waals surface area contributed by atoms with Gasteiger partial charge in [-0.2, -0.15) is 0 Å². The van der Waals surface area contributed by atoms with E-state index < -0.39 is 17.7 Å². The second-order valence-corrected chi connectivity index (χ2v) is 7.07. The van der Waals surface area contributed by atoms with Crippen LogP contribution in [0.15, 0.2) is 12.2 Å². The number of rotatable bonds is 0. The highest BCUT2D eigenvalue weighted by molar-refractivity contribution is 5.93. The Morgan fingerprint density at radius 3 is 2.84 bits per heavy atom. The summed E-state index contributed by atoms with van der Waals surface area (Å²) in [4.78, 5) is 11.7. The number of aliphatic hydroxyl groups is 1. The van der Waals surface area contributed by atoms with Crippen molar-refractivity contribution in [2.45, 2.75) is 62.9 Å². The van der Waals surface area contributed by atoms with Crippen LogP contribution in [-0.2, 0) is 14.3 Å². The zero-order valence-electron chi connectivity index (χ0n) is 11.4. The molecule has 1 spiro atoms. The van der Waals surface area contributed by atoms with E-state index in [4.69, 9.17) is 9.47 Å². The highest BCUT2D eigenvalue weighted by Crippen LogP contribution is 2.69. The molecule has 4 nitrogen and oxygen atoms in total. The van der Waals surface area contributed by atoms with Crippen molar-refractivity contribution in [1.29, 1.82) is 0 Å². The van der Waals surface area contributed by atoms with Gasteiger partial charge >= 0.3 is 5.97 Å². The molecule has 104 valence electrons. The predicted octanol–water partition coefficient (Wildman–Crippen LogP) is 1.57. The van der Waals surface area contributed by atoms with E-state index in [0.717, 1.165) is 12.8 Å². The van der Waals surface area contributed by atoms with Gasteiger partial charge in [0.1, 0.15) is 17.3 Å². The average molecular weight is 264 g/mol. The Kier molecular flexibility index (Phi) is 1.92. The van der Waals surface area contributed by atoms with Crippen molar-refractivity contribution in [2.75, 3.05) is 0 Å². The van der Waals surface area contributed by atoms with E-state index in [1.54, 1.807) is 0 Å². The molecule has 4 heteroatoms. The van der Waals surface area contributed by atoms with Crippen molar-refractivity contribution in [2.24, 2.45) is 11.3 Å². The highest BCUT2D eigenvalue weighted by Gasteiger charge is 2.77. The molecule has 6 atom stereocenters. The van der Waals surface area contributed by atoms with Gasteiger partial charge in [0.25, 0.3) is 0 Å². The molecular weight excluding hydrogens is 244 g/mol. The second-order valence-electron chi connectivity index (χ2n) is 7.07. The molecule has 4 rings (SSSR count). The number of carbonyl (C=O) groups is 1. The van der Waals surface area contributed by atoms with E-state index in [2.05, 4.69) is 20.4 Å². The minimum atomic E-state index is -1.20. The molecule has 19 heavy (non-hydrogen) atoms. The van der Waals surface area contributed by atoms with Crippen molar-refractivity contribution in [3.63, 3.8) is 0 Å². The Bertz CT molecular complexity index is 500. The summed E-state index contributed by atoms with van der Waals surface area (Å²) in [5.41, 5.74) is -1.26. The topological polar surface area (TPSA) is 59.1 Å². The highest BCUT2D eigenvalue weighted by atomic mass is 16.6. The lowest BCUT2D eigenvalue weighted by molar-refractivity contribution is -0.158. The molecule has 2 heterocycles. The molecule has 2 aliphatic carbocycles. The predicted molar refractivity (Wildman–Crippen MR) is 67.3 cm³/mol. The summed E-state index contributed by atoms with van der Waals surface area (Å²) in [6.07, 6.45) is 3.13. The molecular formula is C15H20O4. The van der Waals surface area contributed by atoms with Crippen molar-refractivity contribution in [3.8, 4) is 0 Å². The average Bonchev–Trinajstić information content (AvgIpc) is 3.02. The first kappa shape index (κ1) is 11.9. The van der Waals surface area contributed by atoms with Crippen molar-refractivity contribution in [3.05, 3.63) is 12.2 Å². The number of hydrogen-bond acceptors (Lipinski definition) is 4. The first-order chi connectivity index (χ1) is 8.83. The van der Waals surface area contributed by atoms with Crippen molar-refractivity contribution < 1.29 is 19.4 Å². The fraction of sp³-hybridized carbons (Fsp3) is 0.800. The third-order valence-corrected chi connectivity index (χ3v) is 6.41. The number of hydrogen-bond donors (Lipinski definition) is 1. The van der Waals surface area contributed by atoms with Gasteiger partial charge in [-0.1, -0.05) is 20.4 Å². The minimum absolute atomic E-state index is 0.0991. The van der Waals surface area contributed by atoms with Gasteiger partial charge in [-0.05, 0) is 25.2 Å².